The number of hydrogen-bond donors (Lipinski definition) is 0. The number of aromatic nitrogens is 1. The number of unbranched alkanes of at least 4 members (excludes halogenated alkanes) is 2. The molecule has 0 saturated carbocycles. The van der Waals surface area contributed by atoms with Crippen LogP contribution in [0.5, 0.6) is 11.8 Å². The van der Waals surface area contributed by atoms with Crippen molar-refractivity contribution in [2.45, 2.75) is 72.3 Å². The molecule has 2 aromatic rings. The Labute approximate surface area is 214 Å². The van der Waals surface area contributed by atoms with Gasteiger partial charge in [0.1, 0.15) is 11.4 Å². The van der Waals surface area contributed by atoms with E-state index in [1.807, 2.05) is 39.0 Å². The molecule has 0 atom stereocenters. The molecule has 0 N–H and O–H groups in total. The minimum atomic E-state index is -0.545. The molecule has 0 radical (unpaired) electrons. The van der Waals surface area contributed by atoms with Gasteiger partial charge in [0.25, 0.3) is 0 Å². The maximum Gasteiger partial charge on any atom is 0.410 e. The number of pyridine rings is 1. The Bertz CT molecular complexity index is 1060. The van der Waals surface area contributed by atoms with Crippen LogP contribution < -0.4 is 9.47 Å². The minimum Gasteiger partial charge on any atom is -0.478 e. The number of hydrogen-bond acceptors (Lipinski definition) is 5. The Morgan fingerprint density at radius 1 is 1.03 bits per heavy atom. The van der Waals surface area contributed by atoms with Crippen molar-refractivity contribution in [3.05, 3.63) is 47.8 Å². The molecule has 0 saturated heterocycles. The molecule has 2 heterocycles. The number of amides is 1. The number of carbonyl (C=O) groups excluding carboxylic acids is 1. The van der Waals surface area contributed by atoms with Crippen LogP contribution in [-0.4, -0.2) is 47.9 Å². The number of ether oxygens (including phenoxy) is 3. The Morgan fingerprint density at radius 3 is 2.33 bits per heavy atom. The van der Waals surface area contributed by atoms with Crippen molar-refractivity contribution >= 4 is 11.7 Å². The summed E-state index contributed by atoms with van der Waals surface area (Å²) in [4.78, 5) is 18.5. The van der Waals surface area contributed by atoms with E-state index in [4.69, 9.17) is 14.2 Å². The van der Waals surface area contributed by atoms with E-state index >= 15 is 4.39 Å². The van der Waals surface area contributed by atoms with E-state index < -0.39 is 5.60 Å². The van der Waals surface area contributed by atoms with E-state index in [-0.39, 0.29) is 11.9 Å². The van der Waals surface area contributed by atoms with E-state index in [1.165, 1.54) is 6.07 Å². The largest absolute Gasteiger partial charge is 0.478 e. The Morgan fingerprint density at radius 2 is 1.72 bits per heavy atom. The van der Waals surface area contributed by atoms with Gasteiger partial charge in [0.2, 0.25) is 11.8 Å². The van der Waals surface area contributed by atoms with Gasteiger partial charge < -0.3 is 19.1 Å². The molecule has 1 aliphatic heterocycles. The van der Waals surface area contributed by atoms with Gasteiger partial charge in [-0.05, 0) is 63.3 Å². The summed E-state index contributed by atoms with van der Waals surface area (Å²) in [5.74, 6) is 0.652. The molecular formula is C29H39FN2O4. The molecule has 36 heavy (non-hydrogen) atoms. The second-order valence-electron chi connectivity index (χ2n) is 10.0. The van der Waals surface area contributed by atoms with E-state index in [0.717, 1.165) is 36.8 Å². The van der Waals surface area contributed by atoms with Crippen LogP contribution >= 0.6 is 0 Å². The van der Waals surface area contributed by atoms with Crippen LogP contribution in [0.4, 0.5) is 9.18 Å². The fraction of sp³-hybridized carbons (Fsp3) is 0.517. The molecule has 0 aliphatic carbocycles. The standard InChI is InChI=1S/C29H39FN2O4/c1-6-8-18-34-26-13-12-24(27(31-26)35-19-9-7-2)22-10-11-23(25(30)20-22)21-14-16-32(17-15-21)28(33)36-29(3,4)5/h10-14,20H,6-9,15-19H2,1-5H3. The SMILES string of the molecule is CCCCOc1ccc(-c2ccc(C3=CCN(C(=O)OC(C)(C)C)CC3)c(F)c2)c(OCCCC)n1. The van der Waals surface area contributed by atoms with Crippen molar-refractivity contribution in [2.75, 3.05) is 26.3 Å². The van der Waals surface area contributed by atoms with Crippen LogP contribution in [0.25, 0.3) is 16.7 Å². The summed E-state index contributed by atoms with van der Waals surface area (Å²) in [6.45, 7) is 11.8. The van der Waals surface area contributed by atoms with Crippen LogP contribution in [0.2, 0.25) is 0 Å². The maximum atomic E-state index is 15.3. The molecule has 1 amide bonds. The molecule has 3 rings (SSSR count). The van der Waals surface area contributed by atoms with E-state index in [9.17, 15) is 4.79 Å². The maximum absolute atomic E-state index is 15.3. The summed E-state index contributed by atoms with van der Waals surface area (Å²) in [6, 6.07) is 8.89. The topological polar surface area (TPSA) is 60.9 Å². The van der Waals surface area contributed by atoms with Gasteiger partial charge in [-0.15, -0.1) is 0 Å². The van der Waals surface area contributed by atoms with Crippen molar-refractivity contribution < 1.29 is 23.4 Å². The first-order valence-corrected chi connectivity index (χ1v) is 13.0. The number of halogens is 1. The van der Waals surface area contributed by atoms with Crippen molar-refractivity contribution in [2.24, 2.45) is 0 Å². The highest BCUT2D eigenvalue weighted by atomic mass is 19.1. The van der Waals surface area contributed by atoms with E-state index in [1.54, 1.807) is 17.0 Å². The van der Waals surface area contributed by atoms with Crippen LogP contribution in [0.3, 0.4) is 0 Å². The van der Waals surface area contributed by atoms with Gasteiger partial charge in [-0.1, -0.05) is 44.9 Å². The first kappa shape index (κ1) is 27.5. The molecule has 0 unspecified atom stereocenters. The third-order valence-corrected chi connectivity index (χ3v) is 5.81. The second kappa shape index (κ2) is 12.7. The smallest absolute Gasteiger partial charge is 0.410 e. The normalized spacial score (nSPS) is 13.8. The molecule has 196 valence electrons. The Kier molecular flexibility index (Phi) is 9.73. The third kappa shape index (κ3) is 7.70. The summed E-state index contributed by atoms with van der Waals surface area (Å²) in [7, 11) is 0. The highest BCUT2D eigenvalue weighted by Gasteiger charge is 2.24. The van der Waals surface area contributed by atoms with Crippen molar-refractivity contribution in [1.82, 2.24) is 9.88 Å². The summed E-state index contributed by atoms with van der Waals surface area (Å²) >= 11 is 0. The van der Waals surface area contributed by atoms with Gasteiger partial charge >= 0.3 is 6.09 Å². The molecule has 7 heteroatoms. The lowest BCUT2D eigenvalue weighted by molar-refractivity contribution is 0.0270. The Balaban J connectivity index is 1.78. The second-order valence-corrected chi connectivity index (χ2v) is 10.0. The molecule has 1 aliphatic rings. The van der Waals surface area contributed by atoms with Crippen molar-refractivity contribution in [1.29, 1.82) is 0 Å². The number of nitrogens with zero attached hydrogens (tertiary/aromatic N) is 2. The molecule has 0 spiro atoms. The lowest BCUT2D eigenvalue weighted by Gasteiger charge is -2.29. The van der Waals surface area contributed by atoms with Crippen LogP contribution in [0.1, 0.15) is 72.3 Å². The predicted octanol–water partition coefficient (Wildman–Crippen LogP) is 7.27. The molecule has 1 aromatic heterocycles. The van der Waals surface area contributed by atoms with E-state index in [0.29, 0.717) is 55.6 Å². The first-order chi connectivity index (χ1) is 17.2. The first-order valence-electron chi connectivity index (χ1n) is 13.0. The summed E-state index contributed by atoms with van der Waals surface area (Å²) < 4.78 is 32.4. The summed E-state index contributed by atoms with van der Waals surface area (Å²) in [6.07, 6.45) is 6.02. The van der Waals surface area contributed by atoms with Gasteiger partial charge in [-0.3, -0.25) is 0 Å². The van der Waals surface area contributed by atoms with Gasteiger partial charge in [0.05, 0.1) is 13.2 Å². The quantitative estimate of drug-likeness (QED) is 0.322. The zero-order valence-corrected chi connectivity index (χ0v) is 22.2. The van der Waals surface area contributed by atoms with Crippen LogP contribution in [0.15, 0.2) is 36.4 Å². The van der Waals surface area contributed by atoms with Crippen molar-refractivity contribution in [3.8, 4) is 22.9 Å². The third-order valence-electron chi connectivity index (χ3n) is 5.81. The highest BCUT2D eigenvalue weighted by Crippen LogP contribution is 2.34. The molecular weight excluding hydrogens is 459 g/mol. The van der Waals surface area contributed by atoms with Gasteiger partial charge in [-0.2, -0.15) is 4.98 Å². The Hall–Kier alpha value is -3.09. The zero-order valence-electron chi connectivity index (χ0n) is 22.2. The van der Waals surface area contributed by atoms with Crippen molar-refractivity contribution in [3.63, 3.8) is 0 Å². The van der Waals surface area contributed by atoms with Gasteiger partial charge in [-0.25, -0.2) is 9.18 Å². The molecule has 0 fully saturated rings. The molecule has 6 nitrogen and oxygen atoms in total. The number of carbonyl (C=O) groups is 1. The zero-order chi connectivity index (χ0) is 26.1. The van der Waals surface area contributed by atoms with E-state index in [2.05, 4.69) is 18.8 Å². The monoisotopic (exact) mass is 498 g/mol. The molecule has 1 aromatic carbocycles. The number of benzene rings is 1. The molecule has 0 bridgehead atoms. The lowest BCUT2D eigenvalue weighted by Crippen LogP contribution is -2.39. The summed E-state index contributed by atoms with van der Waals surface area (Å²) in [5.41, 5.74) is 2.31. The van der Waals surface area contributed by atoms with Crippen LogP contribution in [-0.2, 0) is 4.74 Å². The number of rotatable bonds is 10. The summed E-state index contributed by atoms with van der Waals surface area (Å²) in [5, 5.41) is 0. The fourth-order valence-corrected chi connectivity index (χ4v) is 3.82. The fourth-order valence-electron chi connectivity index (χ4n) is 3.82. The average molecular weight is 499 g/mol. The van der Waals surface area contributed by atoms with Crippen LogP contribution in [0, 0.1) is 5.82 Å². The lowest BCUT2D eigenvalue weighted by atomic mass is 9.96. The predicted molar refractivity (Wildman–Crippen MR) is 141 cm³/mol. The van der Waals surface area contributed by atoms with Gasteiger partial charge in [0, 0.05) is 30.3 Å². The minimum absolute atomic E-state index is 0.313. The van der Waals surface area contributed by atoms with Gasteiger partial charge in [0.15, 0.2) is 0 Å². The average Bonchev–Trinajstić information content (AvgIpc) is 2.83. The highest BCUT2D eigenvalue weighted by molar-refractivity contribution is 5.75.